The highest BCUT2D eigenvalue weighted by molar-refractivity contribution is 5.86. The quantitative estimate of drug-likeness (QED) is 0.528. The minimum absolute atomic E-state index is 0.137. The molecule has 0 aliphatic carbocycles. The Kier molecular flexibility index (Phi) is 7.68. The predicted molar refractivity (Wildman–Crippen MR) is 108 cm³/mol. The average molecular weight is 386 g/mol. The highest BCUT2D eigenvalue weighted by Crippen LogP contribution is 2.33. The summed E-state index contributed by atoms with van der Waals surface area (Å²) in [7, 11) is 4.62. The molecule has 150 valence electrons. The van der Waals surface area contributed by atoms with Crippen LogP contribution in [-0.4, -0.2) is 40.1 Å². The van der Waals surface area contributed by atoms with Crippen LogP contribution in [0.2, 0.25) is 0 Å². The summed E-state index contributed by atoms with van der Waals surface area (Å²) in [5.74, 6) is 2.31. The molecule has 0 bridgehead atoms. The van der Waals surface area contributed by atoms with Crippen molar-refractivity contribution in [3.05, 3.63) is 47.5 Å². The number of hydrogen-bond acceptors (Lipinski definition) is 6. The molecule has 0 spiro atoms. The largest absolute Gasteiger partial charge is 0.496 e. The van der Waals surface area contributed by atoms with Crippen molar-refractivity contribution in [2.45, 2.75) is 19.8 Å². The van der Waals surface area contributed by atoms with E-state index in [4.69, 9.17) is 18.9 Å². The second-order valence-electron chi connectivity index (χ2n) is 6.25. The molecule has 1 N–H and O–H groups in total. The van der Waals surface area contributed by atoms with Gasteiger partial charge < -0.3 is 18.9 Å². The number of carbonyl (C=O) groups is 1. The second-order valence-corrected chi connectivity index (χ2v) is 6.25. The van der Waals surface area contributed by atoms with Crippen molar-refractivity contribution in [3.8, 4) is 23.0 Å². The summed E-state index contributed by atoms with van der Waals surface area (Å²) in [6.07, 6.45) is 1.47. The Labute approximate surface area is 165 Å². The van der Waals surface area contributed by atoms with E-state index >= 15 is 0 Å². The van der Waals surface area contributed by atoms with Gasteiger partial charge in [0.15, 0.2) is 18.1 Å². The van der Waals surface area contributed by atoms with Crippen LogP contribution >= 0.6 is 0 Å². The summed E-state index contributed by atoms with van der Waals surface area (Å²) in [6, 6.07) is 11.1. The van der Waals surface area contributed by atoms with Gasteiger partial charge in [0.1, 0.15) is 11.5 Å². The Bertz CT molecular complexity index is 816. The van der Waals surface area contributed by atoms with E-state index < -0.39 is 0 Å². The van der Waals surface area contributed by atoms with Gasteiger partial charge in [-0.2, -0.15) is 5.10 Å². The molecule has 7 heteroatoms. The summed E-state index contributed by atoms with van der Waals surface area (Å²) in [6.45, 7) is 4.10. The summed E-state index contributed by atoms with van der Waals surface area (Å²) < 4.78 is 21.3. The number of hydrogen-bond donors (Lipinski definition) is 1. The number of nitrogens with one attached hydrogen (secondary N) is 1. The van der Waals surface area contributed by atoms with E-state index in [1.807, 2.05) is 24.3 Å². The molecule has 0 atom stereocenters. The van der Waals surface area contributed by atoms with Crippen LogP contribution in [0, 0.1) is 0 Å². The topological polar surface area (TPSA) is 78.4 Å². The number of ether oxygens (including phenoxy) is 4. The first-order valence-electron chi connectivity index (χ1n) is 8.83. The normalized spacial score (nSPS) is 10.8. The lowest BCUT2D eigenvalue weighted by atomic mass is 10.0. The van der Waals surface area contributed by atoms with Crippen molar-refractivity contribution < 1.29 is 23.7 Å². The molecule has 0 saturated heterocycles. The first-order chi connectivity index (χ1) is 13.5. The third kappa shape index (κ3) is 5.64. The number of methoxy groups -OCH3 is 3. The summed E-state index contributed by atoms with van der Waals surface area (Å²) in [5, 5.41) is 3.95. The fourth-order valence-electron chi connectivity index (χ4n) is 2.46. The van der Waals surface area contributed by atoms with E-state index in [9.17, 15) is 4.79 Å². The molecule has 0 unspecified atom stereocenters. The van der Waals surface area contributed by atoms with Crippen molar-refractivity contribution >= 4 is 12.1 Å². The molecule has 0 heterocycles. The van der Waals surface area contributed by atoms with E-state index in [0.717, 1.165) is 0 Å². The van der Waals surface area contributed by atoms with Crippen molar-refractivity contribution in [3.63, 3.8) is 0 Å². The van der Waals surface area contributed by atoms with Gasteiger partial charge in [0.25, 0.3) is 5.91 Å². The van der Waals surface area contributed by atoms with Crippen LogP contribution in [0.5, 0.6) is 23.0 Å². The second kappa shape index (κ2) is 10.2. The first-order valence-corrected chi connectivity index (χ1v) is 8.83. The maximum absolute atomic E-state index is 11.9. The zero-order valence-corrected chi connectivity index (χ0v) is 16.8. The van der Waals surface area contributed by atoms with Crippen LogP contribution in [-0.2, 0) is 4.79 Å². The Morgan fingerprint density at radius 1 is 1.00 bits per heavy atom. The van der Waals surface area contributed by atoms with Gasteiger partial charge in [-0.15, -0.1) is 0 Å². The lowest BCUT2D eigenvalue weighted by Gasteiger charge is -2.11. The molecule has 2 aromatic rings. The molecule has 0 aliphatic heterocycles. The molecular weight excluding hydrogens is 360 g/mol. The van der Waals surface area contributed by atoms with Gasteiger partial charge >= 0.3 is 0 Å². The van der Waals surface area contributed by atoms with Crippen molar-refractivity contribution in [2.75, 3.05) is 27.9 Å². The molecule has 0 saturated carbocycles. The molecule has 28 heavy (non-hydrogen) atoms. The maximum atomic E-state index is 11.9. The molecule has 0 aliphatic rings. The maximum Gasteiger partial charge on any atom is 0.277 e. The van der Waals surface area contributed by atoms with Crippen LogP contribution < -0.4 is 24.4 Å². The van der Waals surface area contributed by atoms with E-state index in [2.05, 4.69) is 24.4 Å². The number of rotatable bonds is 9. The lowest BCUT2D eigenvalue weighted by Crippen LogP contribution is -2.24. The van der Waals surface area contributed by atoms with Gasteiger partial charge in [-0.25, -0.2) is 5.43 Å². The van der Waals surface area contributed by atoms with Gasteiger partial charge in [0.05, 0.1) is 27.5 Å². The predicted octanol–water partition coefficient (Wildman–Crippen LogP) is 3.36. The van der Waals surface area contributed by atoms with E-state index in [1.165, 1.54) is 26.0 Å². The average Bonchev–Trinajstić information content (AvgIpc) is 2.72. The van der Waals surface area contributed by atoms with Gasteiger partial charge in [-0.1, -0.05) is 26.0 Å². The summed E-state index contributed by atoms with van der Waals surface area (Å²) in [5.41, 5.74) is 4.27. The Morgan fingerprint density at radius 2 is 1.61 bits per heavy atom. The first kappa shape index (κ1) is 21.1. The Balaban J connectivity index is 1.94. The molecule has 1 amide bonds. The minimum atomic E-state index is -0.372. The monoisotopic (exact) mass is 386 g/mol. The van der Waals surface area contributed by atoms with Crippen LogP contribution in [0.4, 0.5) is 0 Å². The Morgan fingerprint density at radius 3 is 2.18 bits per heavy atom. The molecule has 2 rings (SSSR count). The molecule has 0 radical (unpaired) electrons. The van der Waals surface area contributed by atoms with Crippen LogP contribution in [0.15, 0.2) is 41.5 Å². The molecule has 2 aromatic carbocycles. The number of hydrazone groups is 1. The van der Waals surface area contributed by atoms with Crippen LogP contribution in [0.25, 0.3) is 0 Å². The van der Waals surface area contributed by atoms with E-state index in [-0.39, 0.29) is 12.5 Å². The molecule has 0 fully saturated rings. The van der Waals surface area contributed by atoms with E-state index in [1.54, 1.807) is 19.2 Å². The van der Waals surface area contributed by atoms with Gasteiger partial charge in [0.2, 0.25) is 0 Å². The molecule has 0 aromatic heterocycles. The summed E-state index contributed by atoms with van der Waals surface area (Å²) in [4.78, 5) is 11.9. The minimum Gasteiger partial charge on any atom is -0.496 e. The van der Waals surface area contributed by atoms with Gasteiger partial charge in [-0.3, -0.25) is 4.79 Å². The Hall–Kier alpha value is -3.22. The fraction of sp³-hybridized carbons (Fsp3) is 0.333. The number of benzene rings is 2. The number of nitrogens with zero attached hydrogens (tertiary/aromatic N) is 1. The zero-order chi connectivity index (χ0) is 20.5. The van der Waals surface area contributed by atoms with Crippen molar-refractivity contribution in [2.24, 2.45) is 5.10 Å². The zero-order valence-electron chi connectivity index (χ0n) is 16.8. The highest BCUT2D eigenvalue weighted by Gasteiger charge is 2.10. The summed E-state index contributed by atoms with van der Waals surface area (Å²) >= 11 is 0. The molecular formula is C21H26N2O5. The molecule has 7 nitrogen and oxygen atoms in total. The van der Waals surface area contributed by atoms with Gasteiger partial charge in [-0.05, 0) is 29.7 Å². The third-order valence-electron chi connectivity index (χ3n) is 4.05. The smallest absolute Gasteiger partial charge is 0.277 e. The SMILES string of the molecule is COc1cc(OC)c(OC)cc1/C=N/NC(=O)COc1ccc(C(C)C)cc1. The van der Waals surface area contributed by atoms with Crippen molar-refractivity contribution in [1.82, 2.24) is 5.43 Å². The lowest BCUT2D eigenvalue weighted by molar-refractivity contribution is -0.123. The fourth-order valence-corrected chi connectivity index (χ4v) is 2.46. The standard InChI is InChI=1S/C21H26N2O5/c1-14(2)15-6-8-17(9-7-15)28-13-21(24)23-22-12-16-10-19(26-4)20(27-5)11-18(16)25-3/h6-12,14H,13H2,1-5H3,(H,23,24)/b22-12+. The third-order valence-corrected chi connectivity index (χ3v) is 4.05. The highest BCUT2D eigenvalue weighted by atomic mass is 16.5. The number of amides is 1. The van der Waals surface area contributed by atoms with Crippen LogP contribution in [0.3, 0.4) is 0 Å². The van der Waals surface area contributed by atoms with Crippen LogP contribution in [0.1, 0.15) is 30.9 Å². The number of carbonyl (C=O) groups excluding carboxylic acids is 1. The van der Waals surface area contributed by atoms with Gasteiger partial charge in [0, 0.05) is 11.6 Å². The van der Waals surface area contributed by atoms with E-state index in [0.29, 0.717) is 34.5 Å². The van der Waals surface area contributed by atoms with Crippen molar-refractivity contribution in [1.29, 1.82) is 0 Å².